The summed E-state index contributed by atoms with van der Waals surface area (Å²) in [5, 5.41) is 13.7. The second-order valence-corrected chi connectivity index (χ2v) is 9.53. The maximum absolute atomic E-state index is 15.1. The molecule has 0 saturated carbocycles. The molecular weight excluding hydrogens is 509 g/mol. The predicted octanol–water partition coefficient (Wildman–Crippen LogP) is 3.78. The average molecular weight is 538 g/mol. The Kier molecular flexibility index (Phi) is 7.46. The van der Waals surface area contributed by atoms with Crippen LogP contribution in [-0.4, -0.2) is 67.2 Å². The number of amides is 2. The summed E-state index contributed by atoms with van der Waals surface area (Å²) < 4.78 is 26.3. The molecule has 2 saturated heterocycles. The molecule has 1 atom stereocenters. The summed E-state index contributed by atoms with van der Waals surface area (Å²) >= 11 is 0. The minimum absolute atomic E-state index is 0.00774. The van der Waals surface area contributed by atoms with Crippen molar-refractivity contribution in [2.45, 2.75) is 19.6 Å². The van der Waals surface area contributed by atoms with Gasteiger partial charge in [0.2, 0.25) is 5.91 Å². The van der Waals surface area contributed by atoms with Gasteiger partial charge >= 0.3 is 6.09 Å². The first-order valence-electron chi connectivity index (χ1n) is 12.6. The van der Waals surface area contributed by atoms with Crippen LogP contribution in [0.5, 0.6) is 0 Å². The zero-order valence-electron chi connectivity index (χ0n) is 21.3. The average Bonchev–Trinajstić information content (AvgIpc) is 3.54. The highest BCUT2D eigenvalue weighted by molar-refractivity contribution is 5.90. The molecule has 0 unspecified atom stereocenters. The van der Waals surface area contributed by atoms with Crippen molar-refractivity contribution in [2.24, 2.45) is 0 Å². The van der Waals surface area contributed by atoms with Crippen molar-refractivity contribution in [3.05, 3.63) is 76.3 Å². The fourth-order valence-electron chi connectivity index (χ4n) is 4.77. The quantitative estimate of drug-likeness (QED) is 0.340. The van der Waals surface area contributed by atoms with Crippen molar-refractivity contribution in [1.29, 1.82) is 0 Å². The van der Waals surface area contributed by atoms with Gasteiger partial charge < -0.3 is 19.4 Å². The molecule has 11 nitrogen and oxygen atoms in total. The number of nitro groups is 1. The molecule has 1 aromatic heterocycles. The van der Waals surface area contributed by atoms with Crippen LogP contribution < -0.4 is 15.1 Å². The summed E-state index contributed by atoms with van der Waals surface area (Å²) in [7, 11) is 0. The van der Waals surface area contributed by atoms with Gasteiger partial charge in [0.05, 0.1) is 35.9 Å². The van der Waals surface area contributed by atoms with Gasteiger partial charge in [0.15, 0.2) is 0 Å². The fourth-order valence-corrected chi connectivity index (χ4v) is 4.77. The van der Waals surface area contributed by atoms with E-state index in [9.17, 15) is 19.7 Å². The second-order valence-electron chi connectivity index (χ2n) is 9.53. The minimum Gasteiger partial charge on any atom is -0.460 e. The molecular formula is C27H28FN5O6. The molecule has 2 aromatic carbocycles. The van der Waals surface area contributed by atoms with Gasteiger partial charge in [0.1, 0.15) is 23.4 Å². The van der Waals surface area contributed by atoms with Gasteiger partial charge in [0, 0.05) is 50.8 Å². The molecule has 2 amide bonds. The van der Waals surface area contributed by atoms with Gasteiger partial charge in [-0.05, 0) is 30.3 Å². The summed E-state index contributed by atoms with van der Waals surface area (Å²) in [4.78, 5) is 39.5. The number of carbonyl (C=O) groups is 2. The zero-order chi connectivity index (χ0) is 27.5. The van der Waals surface area contributed by atoms with Gasteiger partial charge in [-0.3, -0.25) is 24.7 Å². The van der Waals surface area contributed by atoms with Crippen molar-refractivity contribution in [1.82, 2.24) is 10.2 Å². The Labute approximate surface area is 223 Å². The van der Waals surface area contributed by atoms with E-state index in [1.54, 1.807) is 30.3 Å². The molecule has 1 N–H and O–H groups in total. The first-order valence-corrected chi connectivity index (χ1v) is 12.6. The number of halogens is 1. The van der Waals surface area contributed by atoms with Crippen LogP contribution >= 0.6 is 0 Å². The highest BCUT2D eigenvalue weighted by atomic mass is 19.1. The summed E-state index contributed by atoms with van der Waals surface area (Å²) in [6.45, 7) is 5.00. The number of nitro benzene ring substituents is 1. The Hall–Kier alpha value is -4.45. The number of hydrogen-bond donors (Lipinski definition) is 1. The van der Waals surface area contributed by atoms with E-state index < -0.39 is 22.9 Å². The van der Waals surface area contributed by atoms with E-state index in [0.717, 1.165) is 5.76 Å². The fraction of sp³-hybridized carbons (Fsp3) is 0.333. The number of hydrogen-bond acceptors (Lipinski definition) is 8. The van der Waals surface area contributed by atoms with Crippen LogP contribution in [0.1, 0.15) is 12.7 Å². The van der Waals surface area contributed by atoms with E-state index in [2.05, 4.69) is 10.2 Å². The molecule has 0 radical (unpaired) electrons. The molecule has 12 heteroatoms. The summed E-state index contributed by atoms with van der Waals surface area (Å²) in [5.41, 5.74) is 1.52. The van der Waals surface area contributed by atoms with Crippen molar-refractivity contribution in [3.8, 4) is 11.3 Å². The van der Waals surface area contributed by atoms with Crippen LogP contribution in [0.4, 0.5) is 26.2 Å². The standard InChI is InChI=1S/C27H28FN5O6/c1-18(34)29-15-23-17-32(27(35)39-23)20-5-7-25(24(28)14-20)31-11-9-30(10-12-31)16-22-6-8-26(38-22)19-3-2-4-21(13-19)33(36)37/h2-8,13-14,23H,9-12,15-17H2,1H3,(H,29,34)/t23-/m0/s1. The largest absolute Gasteiger partial charge is 0.460 e. The molecule has 0 bridgehead atoms. The van der Waals surface area contributed by atoms with Crippen LogP contribution in [0.2, 0.25) is 0 Å². The lowest BCUT2D eigenvalue weighted by molar-refractivity contribution is -0.384. The third kappa shape index (κ3) is 6.01. The monoisotopic (exact) mass is 537 g/mol. The predicted molar refractivity (Wildman–Crippen MR) is 141 cm³/mol. The molecule has 2 fully saturated rings. The third-order valence-electron chi connectivity index (χ3n) is 6.79. The van der Waals surface area contributed by atoms with E-state index in [4.69, 9.17) is 9.15 Å². The van der Waals surface area contributed by atoms with E-state index >= 15 is 4.39 Å². The van der Waals surface area contributed by atoms with Gasteiger partial charge in [0.25, 0.3) is 5.69 Å². The number of piperazine rings is 1. The Morgan fingerprint density at radius 2 is 1.92 bits per heavy atom. The molecule has 204 valence electrons. The number of benzene rings is 2. The third-order valence-corrected chi connectivity index (χ3v) is 6.79. The Balaban J connectivity index is 1.16. The van der Waals surface area contributed by atoms with Gasteiger partial charge in [-0.25, -0.2) is 9.18 Å². The molecule has 0 spiro atoms. The summed E-state index contributed by atoms with van der Waals surface area (Å²) in [6.07, 6.45) is -1.06. The first kappa shape index (κ1) is 26.2. The minimum atomic E-state index is -0.572. The zero-order valence-corrected chi connectivity index (χ0v) is 21.3. The van der Waals surface area contributed by atoms with Crippen molar-refractivity contribution in [2.75, 3.05) is 49.1 Å². The van der Waals surface area contributed by atoms with E-state index in [1.165, 1.54) is 30.0 Å². The molecule has 0 aliphatic carbocycles. The number of cyclic esters (lactones) is 1. The number of anilines is 2. The first-order chi connectivity index (χ1) is 18.8. The van der Waals surface area contributed by atoms with Crippen LogP contribution in [-0.2, 0) is 16.1 Å². The van der Waals surface area contributed by atoms with Gasteiger partial charge in [-0.1, -0.05) is 12.1 Å². The normalized spacial score (nSPS) is 17.8. The topological polar surface area (TPSA) is 121 Å². The molecule has 3 heterocycles. The van der Waals surface area contributed by atoms with Crippen molar-refractivity contribution in [3.63, 3.8) is 0 Å². The van der Waals surface area contributed by atoms with Gasteiger partial charge in [-0.2, -0.15) is 0 Å². The van der Waals surface area contributed by atoms with Crippen molar-refractivity contribution >= 4 is 29.1 Å². The van der Waals surface area contributed by atoms with Crippen LogP contribution in [0.3, 0.4) is 0 Å². The maximum atomic E-state index is 15.1. The number of non-ortho nitro benzene ring substituents is 1. The SMILES string of the molecule is CC(=O)NC[C@H]1CN(c2ccc(N3CCN(Cc4ccc(-c5cccc([N+](=O)[O-])c5)o4)CC3)c(F)c2)C(=O)O1. The Morgan fingerprint density at radius 1 is 1.13 bits per heavy atom. The number of nitrogens with one attached hydrogen (secondary N) is 1. The molecule has 2 aliphatic heterocycles. The van der Waals surface area contributed by atoms with Crippen LogP contribution in [0.15, 0.2) is 59.0 Å². The van der Waals surface area contributed by atoms with E-state index in [1.807, 2.05) is 11.0 Å². The number of carbonyl (C=O) groups excluding carboxylic acids is 2. The lowest BCUT2D eigenvalue weighted by Crippen LogP contribution is -2.46. The summed E-state index contributed by atoms with van der Waals surface area (Å²) in [5.74, 6) is 0.675. The van der Waals surface area contributed by atoms with E-state index in [0.29, 0.717) is 55.4 Å². The molecule has 3 aromatic rings. The lowest BCUT2D eigenvalue weighted by Gasteiger charge is -2.36. The van der Waals surface area contributed by atoms with Crippen molar-refractivity contribution < 1.29 is 28.1 Å². The number of furan rings is 1. The maximum Gasteiger partial charge on any atom is 0.414 e. The number of rotatable bonds is 8. The number of ether oxygens (including phenoxy) is 1. The van der Waals surface area contributed by atoms with Gasteiger partial charge in [-0.15, -0.1) is 0 Å². The van der Waals surface area contributed by atoms with E-state index in [-0.39, 0.29) is 24.7 Å². The number of nitrogens with zero attached hydrogens (tertiary/aromatic N) is 4. The molecule has 2 aliphatic rings. The highest BCUT2D eigenvalue weighted by Crippen LogP contribution is 2.30. The second kappa shape index (κ2) is 11.1. The molecule has 5 rings (SSSR count). The van der Waals surface area contributed by atoms with Crippen LogP contribution in [0.25, 0.3) is 11.3 Å². The Morgan fingerprint density at radius 3 is 2.64 bits per heavy atom. The lowest BCUT2D eigenvalue weighted by atomic mass is 10.1. The Bertz CT molecular complexity index is 1390. The van der Waals surface area contributed by atoms with Crippen LogP contribution in [0, 0.1) is 15.9 Å². The smallest absolute Gasteiger partial charge is 0.414 e. The highest BCUT2D eigenvalue weighted by Gasteiger charge is 2.33. The molecule has 39 heavy (non-hydrogen) atoms. The summed E-state index contributed by atoms with van der Waals surface area (Å²) in [6, 6.07) is 14.7.